The zero-order valence-corrected chi connectivity index (χ0v) is 20.5. The van der Waals surface area contributed by atoms with E-state index in [9.17, 15) is 19.2 Å². The number of nitrogens with zero attached hydrogens (tertiary/aromatic N) is 2. The fraction of sp³-hybridized carbons (Fsp3) is 0.600. The quantitative estimate of drug-likeness (QED) is 0.543. The third-order valence-corrected chi connectivity index (χ3v) is 5.15. The van der Waals surface area contributed by atoms with Crippen LogP contribution in [0.25, 0.3) is 0 Å². The van der Waals surface area contributed by atoms with E-state index in [2.05, 4.69) is 20.8 Å². The number of carbonyl (C=O) groups is 4. The Morgan fingerprint density at radius 2 is 1.23 bits per heavy atom. The molecule has 0 saturated heterocycles. The second-order valence-electron chi connectivity index (χ2n) is 11.0. The van der Waals surface area contributed by atoms with Gasteiger partial charge in [-0.3, -0.25) is 24.1 Å². The first-order valence-electron chi connectivity index (χ1n) is 10.7. The van der Waals surface area contributed by atoms with Gasteiger partial charge in [-0.05, 0) is 59.0 Å². The van der Waals surface area contributed by atoms with E-state index >= 15 is 0 Å². The zero-order chi connectivity index (χ0) is 24.2. The zero-order valence-electron chi connectivity index (χ0n) is 20.5. The van der Waals surface area contributed by atoms with E-state index in [0.29, 0.717) is 12.3 Å². The smallest absolute Gasteiger partial charge is 0.254 e. The molecule has 0 N–H and O–H groups in total. The van der Waals surface area contributed by atoms with Crippen molar-refractivity contribution in [1.29, 1.82) is 0 Å². The second kappa shape index (κ2) is 9.75. The van der Waals surface area contributed by atoms with Crippen molar-refractivity contribution in [3.05, 3.63) is 36.5 Å². The summed E-state index contributed by atoms with van der Waals surface area (Å²) in [7, 11) is 0. The van der Waals surface area contributed by atoms with Crippen LogP contribution in [-0.2, 0) is 19.2 Å². The summed E-state index contributed by atoms with van der Waals surface area (Å²) in [6.45, 7) is 18.9. The molecule has 3 rings (SSSR count). The Labute approximate surface area is 187 Å². The topological polar surface area (TPSA) is 74.8 Å². The van der Waals surface area contributed by atoms with E-state index in [1.54, 1.807) is 12.2 Å². The number of imide groups is 1. The number of rotatable bonds is 0. The highest BCUT2D eigenvalue weighted by atomic mass is 16.2. The van der Waals surface area contributed by atoms with Gasteiger partial charge in [0.05, 0.1) is 0 Å². The van der Waals surface area contributed by atoms with Gasteiger partial charge in [0, 0.05) is 42.3 Å². The predicted molar refractivity (Wildman–Crippen MR) is 123 cm³/mol. The van der Waals surface area contributed by atoms with Crippen LogP contribution in [0.3, 0.4) is 0 Å². The monoisotopic (exact) mass is 430 g/mol. The first-order valence-corrected chi connectivity index (χ1v) is 10.7. The Hall–Kier alpha value is -2.50. The molecule has 6 heteroatoms. The lowest BCUT2D eigenvalue weighted by atomic mass is 9.80. The molecule has 3 aliphatic rings. The van der Waals surface area contributed by atoms with Crippen LogP contribution in [0.1, 0.15) is 68.7 Å². The minimum Gasteiger partial charge on any atom is -0.331 e. The molecule has 0 aromatic rings. The average molecular weight is 431 g/mol. The van der Waals surface area contributed by atoms with Gasteiger partial charge in [-0.15, -0.1) is 0 Å². The maximum absolute atomic E-state index is 11.1. The highest BCUT2D eigenvalue weighted by Gasteiger charge is 2.33. The molecule has 0 aromatic carbocycles. The summed E-state index contributed by atoms with van der Waals surface area (Å²) in [6, 6.07) is 0. The molecule has 0 fully saturated rings. The number of carbonyl (C=O) groups excluding carboxylic acids is 4. The van der Waals surface area contributed by atoms with Gasteiger partial charge < -0.3 is 4.90 Å². The van der Waals surface area contributed by atoms with E-state index in [4.69, 9.17) is 0 Å². The minimum absolute atomic E-state index is 0.0272. The van der Waals surface area contributed by atoms with E-state index in [1.807, 2.05) is 58.6 Å². The van der Waals surface area contributed by atoms with Gasteiger partial charge >= 0.3 is 0 Å². The van der Waals surface area contributed by atoms with E-state index < -0.39 is 5.54 Å². The molecule has 172 valence electrons. The van der Waals surface area contributed by atoms with Gasteiger partial charge in [0.25, 0.3) is 11.8 Å². The Morgan fingerprint density at radius 3 is 1.42 bits per heavy atom. The van der Waals surface area contributed by atoms with Gasteiger partial charge in [-0.2, -0.15) is 0 Å². The summed E-state index contributed by atoms with van der Waals surface area (Å²) < 4.78 is 0. The molecular formula is C25H38N2O4. The number of hydrogen-bond acceptors (Lipinski definition) is 4. The number of amides is 3. The lowest BCUT2D eigenvalue weighted by molar-refractivity contribution is -0.142. The Kier molecular flexibility index (Phi) is 8.35. The largest absolute Gasteiger partial charge is 0.331 e. The molecule has 1 unspecified atom stereocenters. The summed E-state index contributed by atoms with van der Waals surface area (Å²) in [5.74, 6) is 0.428. The molecule has 1 atom stereocenters. The Balaban J connectivity index is 0.000000233. The fourth-order valence-corrected chi connectivity index (χ4v) is 3.28. The lowest BCUT2D eigenvalue weighted by Gasteiger charge is -2.31. The van der Waals surface area contributed by atoms with Crippen LogP contribution in [0.2, 0.25) is 0 Å². The van der Waals surface area contributed by atoms with Gasteiger partial charge in [0.1, 0.15) is 0 Å². The summed E-state index contributed by atoms with van der Waals surface area (Å²) in [6.07, 6.45) is 10.6. The number of allylic oxidation sites excluding steroid dienone is 2. The maximum Gasteiger partial charge on any atom is 0.254 e. The summed E-state index contributed by atoms with van der Waals surface area (Å²) in [5, 5.41) is 0. The van der Waals surface area contributed by atoms with E-state index in [0.717, 1.165) is 6.54 Å². The molecule has 3 amide bonds. The fourth-order valence-electron chi connectivity index (χ4n) is 3.28. The predicted octanol–water partition coefficient (Wildman–Crippen LogP) is 4.07. The van der Waals surface area contributed by atoms with Crippen molar-refractivity contribution < 1.29 is 19.2 Å². The van der Waals surface area contributed by atoms with Crippen LogP contribution in [0.4, 0.5) is 0 Å². The molecular weight excluding hydrogens is 392 g/mol. The van der Waals surface area contributed by atoms with Crippen LogP contribution in [0.15, 0.2) is 36.5 Å². The molecule has 31 heavy (non-hydrogen) atoms. The SMILES string of the molecule is CC(C)(C)C1C=CC(=O)C1.CC(C)(C)N1C(=O)C=CC1=O.CC(C)(C)N1CC=CC1=O. The molecule has 0 aromatic heterocycles. The van der Waals surface area contributed by atoms with Crippen molar-refractivity contribution in [1.82, 2.24) is 9.80 Å². The van der Waals surface area contributed by atoms with Crippen LogP contribution in [0, 0.1) is 11.3 Å². The molecule has 6 nitrogen and oxygen atoms in total. The standard InChI is InChI=1S/C9H14O.C8H11NO2.C8H13NO/c1-9(2,3)7-4-5-8(10)6-7;1-8(2,3)9-6(10)4-5-7(9)11;1-8(2,3)9-6-4-5-7(9)10/h4-5,7H,6H2,1-3H3;4-5H,1-3H3;4-5H,6H2,1-3H3. The summed E-state index contributed by atoms with van der Waals surface area (Å²) in [4.78, 5) is 47.1. The molecule has 0 saturated carbocycles. The van der Waals surface area contributed by atoms with Crippen molar-refractivity contribution in [2.24, 2.45) is 11.3 Å². The second-order valence-corrected chi connectivity index (χ2v) is 11.0. The van der Waals surface area contributed by atoms with Crippen molar-refractivity contribution in [2.75, 3.05) is 6.54 Å². The molecule has 2 heterocycles. The van der Waals surface area contributed by atoms with E-state index in [1.165, 1.54) is 17.1 Å². The Morgan fingerprint density at radius 1 is 0.710 bits per heavy atom. The Bertz CT molecular complexity index is 781. The van der Waals surface area contributed by atoms with Crippen LogP contribution in [-0.4, -0.2) is 50.9 Å². The maximum atomic E-state index is 11.1. The molecule has 0 radical (unpaired) electrons. The van der Waals surface area contributed by atoms with Crippen LogP contribution >= 0.6 is 0 Å². The van der Waals surface area contributed by atoms with Crippen molar-refractivity contribution in [3.63, 3.8) is 0 Å². The molecule has 1 aliphatic carbocycles. The lowest BCUT2D eigenvalue weighted by Crippen LogP contribution is -2.45. The minimum atomic E-state index is -0.405. The van der Waals surface area contributed by atoms with Crippen molar-refractivity contribution in [2.45, 2.75) is 79.8 Å². The summed E-state index contributed by atoms with van der Waals surface area (Å²) >= 11 is 0. The normalized spacial score (nSPS) is 20.9. The van der Waals surface area contributed by atoms with Crippen molar-refractivity contribution in [3.8, 4) is 0 Å². The third kappa shape index (κ3) is 7.93. The van der Waals surface area contributed by atoms with Crippen molar-refractivity contribution >= 4 is 23.5 Å². The highest BCUT2D eigenvalue weighted by molar-refractivity contribution is 6.13. The molecule has 2 aliphatic heterocycles. The highest BCUT2D eigenvalue weighted by Crippen LogP contribution is 2.33. The average Bonchev–Trinajstić information content (AvgIpc) is 3.27. The number of ketones is 1. The van der Waals surface area contributed by atoms with Crippen LogP contribution in [0.5, 0.6) is 0 Å². The molecule has 0 bridgehead atoms. The first-order chi connectivity index (χ1) is 13.9. The van der Waals surface area contributed by atoms with Gasteiger partial charge in [0.2, 0.25) is 5.91 Å². The van der Waals surface area contributed by atoms with Gasteiger partial charge in [-0.25, -0.2) is 0 Å². The summed E-state index contributed by atoms with van der Waals surface area (Å²) in [5.41, 5.74) is -0.180. The number of hydrogen-bond donors (Lipinski definition) is 0. The van der Waals surface area contributed by atoms with Gasteiger partial charge in [-0.1, -0.05) is 32.9 Å². The van der Waals surface area contributed by atoms with Gasteiger partial charge in [0.15, 0.2) is 5.78 Å². The van der Waals surface area contributed by atoms with Crippen LogP contribution < -0.4 is 0 Å². The third-order valence-electron chi connectivity index (χ3n) is 5.15. The molecule has 0 spiro atoms. The first kappa shape index (κ1) is 26.5. The van der Waals surface area contributed by atoms with E-state index in [-0.39, 0.29) is 34.5 Å².